The maximum Gasteiger partial charge on any atom is 0.0125 e. The topological polar surface area (TPSA) is 38.0 Å². The molecule has 0 unspecified atom stereocenters. The molecule has 0 heterocycles. The Morgan fingerprint density at radius 2 is 1.80 bits per heavy atom. The molecule has 0 saturated heterocycles. The van der Waals surface area contributed by atoms with Gasteiger partial charge < -0.3 is 11.1 Å². The number of nitrogens with two attached hydrogens (primary N) is 1. The summed E-state index contributed by atoms with van der Waals surface area (Å²) < 4.78 is 0. The molecule has 0 aliphatic heterocycles. The SMILES string of the molecule is CCC(C)(C)N[C@H]1CC[C@H](CCN)CC1. The molecule has 0 bridgehead atoms. The average Bonchev–Trinajstić information content (AvgIpc) is 2.21. The molecule has 1 saturated carbocycles. The quantitative estimate of drug-likeness (QED) is 0.735. The van der Waals surface area contributed by atoms with Crippen LogP contribution in [0.4, 0.5) is 0 Å². The number of nitrogens with one attached hydrogen (secondary N) is 1. The first-order valence-corrected chi connectivity index (χ1v) is 6.55. The van der Waals surface area contributed by atoms with Crippen LogP contribution < -0.4 is 11.1 Å². The van der Waals surface area contributed by atoms with Crippen molar-refractivity contribution in [3.8, 4) is 0 Å². The van der Waals surface area contributed by atoms with Crippen LogP contribution in [-0.2, 0) is 0 Å². The van der Waals surface area contributed by atoms with Crippen molar-refractivity contribution < 1.29 is 0 Å². The molecule has 90 valence electrons. The lowest BCUT2D eigenvalue weighted by molar-refractivity contribution is 0.232. The molecule has 15 heavy (non-hydrogen) atoms. The molecule has 3 N–H and O–H groups in total. The van der Waals surface area contributed by atoms with Crippen LogP contribution in [0, 0.1) is 5.92 Å². The fraction of sp³-hybridized carbons (Fsp3) is 1.00. The lowest BCUT2D eigenvalue weighted by Gasteiger charge is -2.35. The van der Waals surface area contributed by atoms with Crippen molar-refractivity contribution in [3.05, 3.63) is 0 Å². The Labute approximate surface area is 95.0 Å². The van der Waals surface area contributed by atoms with E-state index in [2.05, 4.69) is 26.1 Å². The summed E-state index contributed by atoms with van der Waals surface area (Å²) in [5.41, 5.74) is 5.91. The first-order valence-electron chi connectivity index (χ1n) is 6.55. The second-order valence-electron chi connectivity index (χ2n) is 5.68. The van der Waals surface area contributed by atoms with E-state index in [0.717, 1.165) is 18.5 Å². The van der Waals surface area contributed by atoms with Crippen LogP contribution in [0.5, 0.6) is 0 Å². The molecule has 2 heteroatoms. The fourth-order valence-corrected chi connectivity index (χ4v) is 2.49. The van der Waals surface area contributed by atoms with Gasteiger partial charge in [-0.3, -0.25) is 0 Å². The maximum absolute atomic E-state index is 5.60. The summed E-state index contributed by atoms with van der Waals surface area (Å²) in [6, 6.07) is 0.744. The molecule has 0 atom stereocenters. The second kappa shape index (κ2) is 5.86. The van der Waals surface area contributed by atoms with Gasteiger partial charge >= 0.3 is 0 Å². The van der Waals surface area contributed by atoms with E-state index in [-0.39, 0.29) is 0 Å². The lowest BCUT2D eigenvalue weighted by atomic mass is 9.83. The van der Waals surface area contributed by atoms with Gasteiger partial charge in [0, 0.05) is 11.6 Å². The first kappa shape index (κ1) is 13.0. The minimum Gasteiger partial charge on any atom is -0.330 e. The summed E-state index contributed by atoms with van der Waals surface area (Å²) in [5, 5.41) is 3.78. The van der Waals surface area contributed by atoms with E-state index in [1.54, 1.807) is 0 Å². The number of hydrogen-bond donors (Lipinski definition) is 2. The van der Waals surface area contributed by atoms with Gasteiger partial charge in [-0.2, -0.15) is 0 Å². The van der Waals surface area contributed by atoms with Crippen LogP contribution in [0.2, 0.25) is 0 Å². The Kier molecular flexibility index (Phi) is 5.07. The highest BCUT2D eigenvalue weighted by Crippen LogP contribution is 2.27. The van der Waals surface area contributed by atoms with E-state index in [1.165, 1.54) is 38.5 Å². The highest BCUT2D eigenvalue weighted by Gasteiger charge is 2.24. The smallest absolute Gasteiger partial charge is 0.0125 e. The molecular formula is C13H28N2. The van der Waals surface area contributed by atoms with E-state index in [9.17, 15) is 0 Å². The van der Waals surface area contributed by atoms with E-state index in [0.29, 0.717) is 5.54 Å². The molecule has 0 radical (unpaired) electrons. The summed E-state index contributed by atoms with van der Waals surface area (Å²) in [6.07, 6.45) is 7.85. The third-order valence-corrected chi connectivity index (χ3v) is 3.90. The molecule has 0 aromatic carbocycles. The summed E-state index contributed by atoms with van der Waals surface area (Å²) >= 11 is 0. The third-order valence-electron chi connectivity index (χ3n) is 3.90. The standard InChI is InChI=1S/C13H28N2/c1-4-13(2,3)15-12-7-5-11(6-8-12)9-10-14/h11-12,15H,4-10,14H2,1-3H3/t11-,12-. The van der Waals surface area contributed by atoms with Crippen molar-refractivity contribution in [2.24, 2.45) is 11.7 Å². The van der Waals surface area contributed by atoms with Gasteiger partial charge in [-0.15, -0.1) is 0 Å². The summed E-state index contributed by atoms with van der Waals surface area (Å²) in [5.74, 6) is 0.901. The average molecular weight is 212 g/mol. The fourth-order valence-electron chi connectivity index (χ4n) is 2.49. The Morgan fingerprint density at radius 3 is 2.27 bits per heavy atom. The first-order chi connectivity index (χ1) is 7.07. The predicted molar refractivity (Wildman–Crippen MR) is 66.9 cm³/mol. The summed E-state index contributed by atoms with van der Waals surface area (Å²) in [6.45, 7) is 7.73. The Bertz CT molecular complexity index is 169. The zero-order valence-electron chi connectivity index (χ0n) is 10.7. The molecule has 0 aromatic rings. The summed E-state index contributed by atoms with van der Waals surface area (Å²) in [4.78, 5) is 0. The van der Waals surface area contributed by atoms with Crippen LogP contribution >= 0.6 is 0 Å². The van der Waals surface area contributed by atoms with Gasteiger partial charge in [0.15, 0.2) is 0 Å². The van der Waals surface area contributed by atoms with Gasteiger partial charge in [0.05, 0.1) is 0 Å². The Balaban J connectivity index is 2.25. The van der Waals surface area contributed by atoms with Crippen molar-refractivity contribution >= 4 is 0 Å². The maximum atomic E-state index is 5.60. The van der Waals surface area contributed by atoms with E-state index in [4.69, 9.17) is 5.73 Å². The Morgan fingerprint density at radius 1 is 1.20 bits per heavy atom. The summed E-state index contributed by atoms with van der Waals surface area (Å²) in [7, 11) is 0. The van der Waals surface area contributed by atoms with E-state index < -0.39 is 0 Å². The van der Waals surface area contributed by atoms with Gasteiger partial charge in [-0.25, -0.2) is 0 Å². The monoisotopic (exact) mass is 212 g/mol. The molecule has 1 fully saturated rings. The molecule has 1 aliphatic rings. The van der Waals surface area contributed by atoms with Crippen molar-refractivity contribution in [2.45, 2.75) is 70.9 Å². The van der Waals surface area contributed by atoms with Crippen LogP contribution in [-0.4, -0.2) is 18.1 Å². The molecule has 1 aliphatic carbocycles. The predicted octanol–water partition coefficient (Wildman–Crippen LogP) is 2.67. The van der Waals surface area contributed by atoms with Gasteiger partial charge in [0.2, 0.25) is 0 Å². The molecular weight excluding hydrogens is 184 g/mol. The molecule has 0 amide bonds. The van der Waals surface area contributed by atoms with Crippen LogP contribution in [0.25, 0.3) is 0 Å². The minimum absolute atomic E-state index is 0.311. The van der Waals surface area contributed by atoms with E-state index in [1.807, 2.05) is 0 Å². The number of hydrogen-bond acceptors (Lipinski definition) is 2. The lowest BCUT2D eigenvalue weighted by Crippen LogP contribution is -2.46. The van der Waals surface area contributed by atoms with Crippen LogP contribution in [0.3, 0.4) is 0 Å². The van der Waals surface area contributed by atoms with Crippen molar-refractivity contribution in [3.63, 3.8) is 0 Å². The highest BCUT2D eigenvalue weighted by molar-refractivity contribution is 4.84. The minimum atomic E-state index is 0.311. The molecule has 0 spiro atoms. The van der Waals surface area contributed by atoms with Crippen molar-refractivity contribution in [1.82, 2.24) is 5.32 Å². The van der Waals surface area contributed by atoms with E-state index >= 15 is 0 Å². The second-order valence-corrected chi connectivity index (χ2v) is 5.68. The van der Waals surface area contributed by atoms with Crippen LogP contribution in [0.15, 0.2) is 0 Å². The van der Waals surface area contributed by atoms with Crippen molar-refractivity contribution in [1.29, 1.82) is 0 Å². The largest absolute Gasteiger partial charge is 0.330 e. The zero-order valence-corrected chi connectivity index (χ0v) is 10.7. The molecule has 1 rings (SSSR count). The van der Waals surface area contributed by atoms with Gasteiger partial charge in [-0.05, 0) is 64.8 Å². The zero-order chi connectivity index (χ0) is 11.3. The highest BCUT2D eigenvalue weighted by atomic mass is 15.0. The van der Waals surface area contributed by atoms with Gasteiger partial charge in [-0.1, -0.05) is 6.92 Å². The molecule has 0 aromatic heterocycles. The normalized spacial score (nSPS) is 28.0. The van der Waals surface area contributed by atoms with Crippen molar-refractivity contribution in [2.75, 3.05) is 6.54 Å². The Hall–Kier alpha value is -0.0800. The van der Waals surface area contributed by atoms with Gasteiger partial charge in [0.25, 0.3) is 0 Å². The van der Waals surface area contributed by atoms with Crippen LogP contribution in [0.1, 0.15) is 59.3 Å². The molecule has 2 nitrogen and oxygen atoms in total. The number of rotatable bonds is 5. The third kappa shape index (κ3) is 4.52. The van der Waals surface area contributed by atoms with Gasteiger partial charge in [0.1, 0.15) is 0 Å².